The topological polar surface area (TPSA) is 67.8 Å². The van der Waals surface area contributed by atoms with E-state index >= 15 is 0 Å². The van der Waals surface area contributed by atoms with Gasteiger partial charge in [-0.05, 0) is 18.6 Å². The summed E-state index contributed by atoms with van der Waals surface area (Å²) in [4.78, 5) is 7.59. The highest BCUT2D eigenvalue weighted by Gasteiger charge is 2.33. The van der Waals surface area contributed by atoms with Crippen molar-refractivity contribution in [3.63, 3.8) is 0 Å². The molecule has 0 unspecified atom stereocenters. The maximum atomic E-state index is 12.5. The van der Waals surface area contributed by atoms with Gasteiger partial charge in [0.25, 0.3) is 0 Å². The molecule has 2 aromatic rings. The molecule has 1 aromatic heterocycles. The van der Waals surface area contributed by atoms with Gasteiger partial charge in [-0.1, -0.05) is 6.07 Å². The van der Waals surface area contributed by atoms with Gasteiger partial charge < -0.3 is 20.1 Å². The molecule has 0 fully saturated rings. The lowest BCUT2D eigenvalue weighted by molar-refractivity contribution is -0.140. The van der Waals surface area contributed by atoms with E-state index in [1.807, 2.05) is 18.2 Å². The van der Waals surface area contributed by atoms with E-state index in [0.717, 1.165) is 28.2 Å². The zero-order chi connectivity index (χ0) is 19.7. The Morgan fingerprint density at radius 3 is 2.70 bits per heavy atom. The van der Waals surface area contributed by atoms with Crippen LogP contribution in [0.5, 0.6) is 11.5 Å². The fourth-order valence-electron chi connectivity index (χ4n) is 2.06. The van der Waals surface area contributed by atoms with E-state index in [1.54, 1.807) is 20.2 Å². The van der Waals surface area contributed by atoms with E-state index in [0.29, 0.717) is 30.5 Å². The molecule has 6 nitrogen and oxygen atoms in total. The standard InChI is InChI=1S/C17H21F3N4O2S/c1-21-16(23-10-15-24-14(11-27-15)17(18,19)20)22-7-4-8-26-13-6-3-5-12(9-13)25-2/h3,5-6,9,11H,4,7-8,10H2,1-2H3,(H2,21,22,23). The molecule has 0 saturated carbocycles. The molecular formula is C17H21F3N4O2S. The summed E-state index contributed by atoms with van der Waals surface area (Å²) in [6.07, 6.45) is -3.70. The van der Waals surface area contributed by atoms with Gasteiger partial charge in [0.05, 0.1) is 20.3 Å². The minimum absolute atomic E-state index is 0.167. The van der Waals surface area contributed by atoms with Crippen LogP contribution in [0.1, 0.15) is 17.1 Å². The Hall–Kier alpha value is -2.49. The summed E-state index contributed by atoms with van der Waals surface area (Å²) in [5, 5.41) is 7.35. The van der Waals surface area contributed by atoms with Gasteiger partial charge in [0, 0.05) is 25.0 Å². The van der Waals surface area contributed by atoms with Gasteiger partial charge in [-0.3, -0.25) is 4.99 Å². The Labute approximate surface area is 159 Å². The summed E-state index contributed by atoms with van der Waals surface area (Å²) in [6.45, 7) is 1.26. The Kier molecular flexibility index (Phi) is 7.71. The highest BCUT2D eigenvalue weighted by molar-refractivity contribution is 7.09. The van der Waals surface area contributed by atoms with Crippen LogP contribution in [0.25, 0.3) is 0 Å². The minimum atomic E-state index is -4.42. The van der Waals surface area contributed by atoms with Crippen molar-refractivity contribution in [2.45, 2.75) is 19.1 Å². The van der Waals surface area contributed by atoms with Crippen molar-refractivity contribution < 1.29 is 22.6 Å². The van der Waals surface area contributed by atoms with Crippen LogP contribution in [0.15, 0.2) is 34.6 Å². The molecule has 2 rings (SSSR count). The number of ether oxygens (including phenoxy) is 2. The number of benzene rings is 1. The van der Waals surface area contributed by atoms with Gasteiger partial charge in [-0.2, -0.15) is 13.2 Å². The highest BCUT2D eigenvalue weighted by atomic mass is 32.1. The van der Waals surface area contributed by atoms with Gasteiger partial charge >= 0.3 is 6.18 Å². The van der Waals surface area contributed by atoms with Crippen LogP contribution >= 0.6 is 11.3 Å². The Balaban J connectivity index is 1.67. The van der Waals surface area contributed by atoms with Crippen LogP contribution in [0.4, 0.5) is 13.2 Å². The predicted molar refractivity (Wildman–Crippen MR) is 98.4 cm³/mol. The van der Waals surface area contributed by atoms with Crippen LogP contribution in [0.2, 0.25) is 0 Å². The van der Waals surface area contributed by atoms with Gasteiger partial charge in [-0.25, -0.2) is 4.98 Å². The second kappa shape index (κ2) is 10.0. The second-order valence-corrected chi connectivity index (χ2v) is 6.30. The molecule has 1 aromatic carbocycles. The summed E-state index contributed by atoms with van der Waals surface area (Å²) in [5.41, 5.74) is -0.873. The number of hydrogen-bond acceptors (Lipinski definition) is 5. The summed E-state index contributed by atoms with van der Waals surface area (Å²) in [7, 11) is 3.18. The fraction of sp³-hybridized carbons (Fsp3) is 0.412. The molecule has 10 heteroatoms. The molecule has 148 valence electrons. The van der Waals surface area contributed by atoms with Crippen molar-refractivity contribution >= 4 is 17.3 Å². The first-order valence-electron chi connectivity index (χ1n) is 8.15. The lowest BCUT2D eigenvalue weighted by Crippen LogP contribution is -2.37. The number of rotatable bonds is 8. The third-order valence-corrected chi connectivity index (χ3v) is 4.25. The van der Waals surface area contributed by atoms with Crippen molar-refractivity contribution in [1.82, 2.24) is 15.6 Å². The molecule has 0 amide bonds. The molecule has 2 N–H and O–H groups in total. The van der Waals surface area contributed by atoms with E-state index < -0.39 is 11.9 Å². The number of guanidine groups is 1. The van der Waals surface area contributed by atoms with E-state index in [9.17, 15) is 13.2 Å². The number of nitrogens with zero attached hydrogens (tertiary/aromatic N) is 2. The number of aliphatic imine (C=N–C) groups is 1. The van der Waals surface area contributed by atoms with E-state index in [-0.39, 0.29) is 6.54 Å². The number of thiazole rings is 1. The van der Waals surface area contributed by atoms with E-state index in [1.165, 1.54) is 0 Å². The maximum Gasteiger partial charge on any atom is 0.434 e. The van der Waals surface area contributed by atoms with Crippen molar-refractivity contribution in [2.24, 2.45) is 4.99 Å². The Morgan fingerprint density at radius 1 is 1.26 bits per heavy atom. The fourth-order valence-corrected chi connectivity index (χ4v) is 2.80. The quantitative estimate of drug-likeness (QED) is 0.403. The minimum Gasteiger partial charge on any atom is -0.497 e. The zero-order valence-corrected chi connectivity index (χ0v) is 15.8. The molecule has 0 aliphatic heterocycles. The molecule has 0 spiro atoms. The molecule has 0 atom stereocenters. The molecule has 0 aliphatic rings. The molecule has 1 heterocycles. The molecule has 27 heavy (non-hydrogen) atoms. The van der Waals surface area contributed by atoms with Crippen molar-refractivity contribution in [3.8, 4) is 11.5 Å². The number of hydrogen-bond donors (Lipinski definition) is 2. The lowest BCUT2D eigenvalue weighted by atomic mass is 10.3. The van der Waals surface area contributed by atoms with E-state index in [4.69, 9.17) is 9.47 Å². The monoisotopic (exact) mass is 402 g/mol. The summed E-state index contributed by atoms with van der Waals surface area (Å²) in [5.74, 6) is 1.94. The number of methoxy groups -OCH3 is 1. The van der Waals surface area contributed by atoms with Gasteiger partial charge in [0.2, 0.25) is 0 Å². The van der Waals surface area contributed by atoms with Crippen molar-refractivity contribution in [1.29, 1.82) is 0 Å². The number of aromatic nitrogens is 1. The molecule has 0 saturated heterocycles. The Morgan fingerprint density at radius 2 is 2.04 bits per heavy atom. The van der Waals surface area contributed by atoms with Crippen molar-refractivity contribution in [3.05, 3.63) is 40.3 Å². The molecule has 0 aliphatic carbocycles. The third-order valence-electron chi connectivity index (χ3n) is 3.40. The first-order chi connectivity index (χ1) is 12.9. The first-order valence-corrected chi connectivity index (χ1v) is 9.03. The van der Waals surface area contributed by atoms with E-state index in [2.05, 4.69) is 20.6 Å². The normalized spacial score (nSPS) is 12.0. The number of halogens is 3. The lowest BCUT2D eigenvalue weighted by Gasteiger charge is -2.11. The smallest absolute Gasteiger partial charge is 0.434 e. The average Bonchev–Trinajstić information content (AvgIpc) is 3.13. The van der Waals surface area contributed by atoms with Crippen LogP contribution in [0.3, 0.4) is 0 Å². The number of nitrogens with one attached hydrogen (secondary N) is 2. The Bertz CT molecular complexity index is 750. The second-order valence-electron chi connectivity index (χ2n) is 5.36. The number of alkyl halides is 3. The van der Waals surface area contributed by atoms with Gasteiger partial charge in [-0.15, -0.1) is 11.3 Å². The summed E-state index contributed by atoms with van der Waals surface area (Å²) < 4.78 is 48.4. The molecule has 0 radical (unpaired) electrons. The van der Waals surface area contributed by atoms with Crippen molar-refractivity contribution in [2.75, 3.05) is 27.3 Å². The molecular weight excluding hydrogens is 381 g/mol. The van der Waals surface area contributed by atoms with Gasteiger partial charge in [0.1, 0.15) is 16.5 Å². The molecule has 0 bridgehead atoms. The van der Waals surface area contributed by atoms with Crippen LogP contribution in [-0.4, -0.2) is 38.3 Å². The summed E-state index contributed by atoms with van der Waals surface area (Å²) in [6, 6.07) is 7.34. The SMILES string of the molecule is CN=C(NCCCOc1cccc(OC)c1)NCc1nc(C(F)(F)F)cs1. The maximum absolute atomic E-state index is 12.5. The predicted octanol–water partition coefficient (Wildman–Crippen LogP) is 3.30. The van der Waals surface area contributed by atoms with Crippen LogP contribution in [-0.2, 0) is 12.7 Å². The van der Waals surface area contributed by atoms with Crippen LogP contribution < -0.4 is 20.1 Å². The van der Waals surface area contributed by atoms with Crippen LogP contribution in [0, 0.1) is 0 Å². The average molecular weight is 402 g/mol. The summed E-state index contributed by atoms with van der Waals surface area (Å²) >= 11 is 0.955. The van der Waals surface area contributed by atoms with Gasteiger partial charge in [0.15, 0.2) is 11.7 Å². The first kappa shape index (κ1) is 20.8. The zero-order valence-electron chi connectivity index (χ0n) is 15.0. The third kappa shape index (κ3) is 6.97. The largest absolute Gasteiger partial charge is 0.497 e. The highest BCUT2D eigenvalue weighted by Crippen LogP contribution is 2.29.